The molecule has 0 radical (unpaired) electrons. The highest BCUT2D eigenvalue weighted by atomic mass is 35.5. The minimum absolute atomic E-state index is 0.0234. The van der Waals surface area contributed by atoms with Crippen LogP contribution in [-0.2, 0) is 14.8 Å². The summed E-state index contributed by atoms with van der Waals surface area (Å²) in [6.45, 7) is 4.41. The molecule has 1 atom stereocenters. The Hall–Kier alpha value is -0.820. The van der Waals surface area contributed by atoms with E-state index in [0.29, 0.717) is 18.2 Å². The van der Waals surface area contributed by atoms with Gasteiger partial charge in [-0.25, -0.2) is 13.1 Å². The molecule has 1 aromatic rings. The fourth-order valence-corrected chi connectivity index (χ4v) is 2.94. The predicted octanol–water partition coefficient (Wildman–Crippen LogP) is 1.63. The normalized spacial score (nSPS) is 13.5. The van der Waals surface area contributed by atoms with Gasteiger partial charge in [-0.15, -0.1) is 0 Å². The second-order valence-electron chi connectivity index (χ2n) is 3.86. The van der Waals surface area contributed by atoms with E-state index in [4.69, 9.17) is 22.1 Å². The van der Waals surface area contributed by atoms with Crippen molar-refractivity contribution in [2.24, 2.45) is 0 Å². The molecule has 7 heteroatoms. The molecule has 0 fully saturated rings. The summed E-state index contributed by atoms with van der Waals surface area (Å²) in [5, 5.41) is 0.397. The van der Waals surface area contributed by atoms with E-state index >= 15 is 0 Å². The van der Waals surface area contributed by atoms with Gasteiger partial charge in [0.1, 0.15) is 4.90 Å². The van der Waals surface area contributed by atoms with E-state index in [1.165, 1.54) is 18.2 Å². The number of hydrogen-bond acceptors (Lipinski definition) is 4. The third kappa shape index (κ3) is 4.13. The van der Waals surface area contributed by atoms with Crippen molar-refractivity contribution in [3.63, 3.8) is 0 Å². The predicted molar refractivity (Wildman–Crippen MR) is 72.1 cm³/mol. The van der Waals surface area contributed by atoms with Crippen molar-refractivity contribution in [1.29, 1.82) is 0 Å². The van der Waals surface area contributed by atoms with Gasteiger partial charge in [-0.2, -0.15) is 0 Å². The van der Waals surface area contributed by atoms with Crippen LogP contribution in [0.4, 0.5) is 5.69 Å². The first-order valence-corrected chi connectivity index (χ1v) is 7.38. The van der Waals surface area contributed by atoms with Crippen LogP contribution in [0.25, 0.3) is 0 Å². The van der Waals surface area contributed by atoms with E-state index in [2.05, 4.69) is 4.72 Å². The number of anilines is 1. The van der Waals surface area contributed by atoms with Crippen LogP contribution in [0.2, 0.25) is 5.02 Å². The van der Waals surface area contributed by atoms with E-state index in [1.807, 2.05) is 6.92 Å². The highest BCUT2D eigenvalue weighted by Crippen LogP contribution is 2.22. The van der Waals surface area contributed by atoms with Gasteiger partial charge in [-0.05, 0) is 32.0 Å². The molecular formula is C11H17ClN2O3S. The standard InChI is InChI=1S/C11H17ClN2O3S/c1-3-17-7-8(2)14-18(15,16)11-5-4-9(12)6-10(11)13/h4-6,8,14H,3,7,13H2,1-2H3. The summed E-state index contributed by atoms with van der Waals surface area (Å²) in [5.74, 6) is 0. The number of hydrogen-bond donors (Lipinski definition) is 2. The summed E-state index contributed by atoms with van der Waals surface area (Å²) in [6, 6.07) is 3.95. The first-order valence-electron chi connectivity index (χ1n) is 5.52. The number of nitrogen functional groups attached to an aromatic ring is 1. The maximum atomic E-state index is 12.0. The van der Waals surface area contributed by atoms with Crippen molar-refractivity contribution in [1.82, 2.24) is 4.72 Å². The van der Waals surface area contributed by atoms with E-state index in [-0.39, 0.29) is 16.6 Å². The Morgan fingerprint density at radius 1 is 1.50 bits per heavy atom. The SMILES string of the molecule is CCOCC(C)NS(=O)(=O)c1ccc(Cl)cc1N. The van der Waals surface area contributed by atoms with Crippen LogP contribution >= 0.6 is 11.6 Å². The molecule has 0 saturated heterocycles. The van der Waals surface area contributed by atoms with Crippen molar-refractivity contribution >= 4 is 27.3 Å². The molecule has 3 N–H and O–H groups in total. The fourth-order valence-electron chi connectivity index (χ4n) is 1.42. The molecule has 1 rings (SSSR count). The third-order valence-electron chi connectivity index (χ3n) is 2.19. The summed E-state index contributed by atoms with van der Waals surface area (Å²) < 4.78 is 31.7. The van der Waals surface area contributed by atoms with Crippen LogP contribution in [0.1, 0.15) is 13.8 Å². The summed E-state index contributed by atoms with van der Waals surface area (Å²) in [7, 11) is -3.65. The second kappa shape index (κ2) is 6.38. The molecule has 18 heavy (non-hydrogen) atoms. The Bertz CT molecular complexity index is 505. The monoisotopic (exact) mass is 292 g/mol. The molecule has 0 amide bonds. The number of benzene rings is 1. The van der Waals surface area contributed by atoms with Crippen LogP contribution in [0.3, 0.4) is 0 Å². The molecule has 0 heterocycles. The molecular weight excluding hydrogens is 276 g/mol. The van der Waals surface area contributed by atoms with Gasteiger partial charge in [0.05, 0.1) is 12.3 Å². The number of nitrogens with one attached hydrogen (secondary N) is 1. The van der Waals surface area contributed by atoms with E-state index in [0.717, 1.165) is 0 Å². The van der Waals surface area contributed by atoms with E-state index < -0.39 is 10.0 Å². The van der Waals surface area contributed by atoms with Gasteiger partial charge >= 0.3 is 0 Å². The minimum Gasteiger partial charge on any atom is -0.398 e. The lowest BCUT2D eigenvalue weighted by Gasteiger charge is -2.15. The van der Waals surface area contributed by atoms with Gasteiger partial charge in [0.2, 0.25) is 10.0 Å². The molecule has 0 saturated carbocycles. The van der Waals surface area contributed by atoms with Gasteiger partial charge in [0.25, 0.3) is 0 Å². The smallest absolute Gasteiger partial charge is 0.242 e. The average Bonchev–Trinajstić information content (AvgIpc) is 2.25. The quantitative estimate of drug-likeness (QED) is 0.781. The first-order chi connectivity index (χ1) is 8.36. The summed E-state index contributed by atoms with van der Waals surface area (Å²) in [6.07, 6.45) is 0. The molecule has 0 aliphatic rings. The van der Waals surface area contributed by atoms with Gasteiger partial charge in [-0.1, -0.05) is 11.6 Å². The molecule has 1 aromatic carbocycles. The lowest BCUT2D eigenvalue weighted by Crippen LogP contribution is -2.36. The third-order valence-corrected chi connectivity index (χ3v) is 4.09. The largest absolute Gasteiger partial charge is 0.398 e. The molecule has 0 aliphatic heterocycles. The topological polar surface area (TPSA) is 81.4 Å². The summed E-state index contributed by atoms with van der Waals surface area (Å²) in [5.41, 5.74) is 5.77. The van der Waals surface area contributed by atoms with Crippen molar-refractivity contribution in [2.45, 2.75) is 24.8 Å². The second-order valence-corrected chi connectivity index (χ2v) is 5.98. The molecule has 0 aromatic heterocycles. The Balaban J connectivity index is 2.86. The summed E-state index contributed by atoms with van der Waals surface area (Å²) >= 11 is 5.73. The van der Waals surface area contributed by atoms with Crippen molar-refractivity contribution < 1.29 is 13.2 Å². The average molecular weight is 293 g/mol. The molecule has 0 spiro atoms. The minimum atomic E-state index is -3.65. The maximum absolute atomic E-state index is 12.0. The van der Waals surface area contributed by atoms with Gasteiger partial charge in [0, 0.05) is 17.7 Å². The molecule has 0 aliphatic carbocycles. The van der Waals surface area contributed by atoms with Crippen molar-refractivity contribution in [3.05, 3.63) is 23.2 Å². The number of ether oxygens (including phenoxy) is 1. The van der Waals surface area contributed by atoms with Crippen LogP contribution in [0.15, 0.2) is 23.1 Å². The summed E-state index contributed by atoms with van der Waals surface area (Å²) in [4.78, 5) is 0.0234. The van der Waals surface area contributed by atoms with Crippen LogP contribution < -0.4 is 10.5 Å². The van der Waals surface area contributed by atoms with Gasteiger partial charge < -0.3 is 10.5 Å². The molecule has 1 unspecified atom stereocenters. The van der Waals surface area contributed by atoms with Crippen LogP contribution in [0, 0.1) is 0 Å². The van der Waals surface area contributed by atoms with Gasteiger partial charge in [-0.3, -0.25) is 0 Å². The first kappa shape index (κ1) is 15.2. The number of halogens is 1. The molecule has 102 valence electrons. The number of nitrogens with two attached hydrogens (primary N) is 1. The number of sulfonamides is 1. The zero-order valence-corrected chi connectivity index (χ0v) is 11.9. The van der Waals surface area contributed by atoms with E-state index in [1.54, 1.807) is 6.92 Å². The number of rotatable bonds is 6. The van der Waals surface area contributed by atoms with Gasteiger partial charge in [0.15, 0.2) is 0 Å². The molecule has 5 nitrogen and oxygen atoms in total. The lowest BCUT2D eigenvalue weighted by atomic mass is 10.3. The van der Waals surface area contributed by atoms with E-state index in [9.17, 15) is 8.42 Å². The highest BCUT2D eigenvalue weighted by molar-refractivity contribution is 7.89. The van der Waals surface area contributed by atoms with Crippen molar-refractivity contribution in [2.75, 3.05) is 18.9 Å². The lowest BCUT2D eigenvalue weighted by molar-refractivity contribution is 0.133. The van der Waals surface area contributed by atoms with Crippen molar-refractivity contribution in [3.8, 4) is 0 Å². The zero-order valence-electron chi connectivity index (χ0n) is 10.3. The zero-order chi connectivity index (χ0) is 13.8. The Morgan fingerprint density at radius 3 is 2.72 bits per heavy atom. The van der Waals surface area contributed by atoms with Crippen LogP contribution in [-0.4, -0.2) is 27.7 Å². The maximum Gasteiger partial charge on any atom is 0.242 e. The van der Waals surface area contributed by atoms with Crippen LogP contribution in [0.5, 0.6) is 0 Å². The Labute approximate surface area is 112 Å². The Morgan fingerprint density at radius 2 is 2.17 bits per heavy atom. The highest BCUT2D eigenvalue weighted by Gasteiger charge is 2.20. The fraction of sp³-hybridized carbons (Fsp3) is 0.455. The molecule has 0 bridgehead atoms. The Kier molecular flexibility index (Phi) is 5.40.